The lowest BCUT2D eigenvalue weighted by Crippen LogP contribution is -2.15. The second kappa shape index (κ2) is 6.54. The van der Waals surface area contributed by atoms with Gasteiger partial charge in [0, 0.05) is 11.1 Å². The number of hydrogen-bond donors (Lipinski definition) is 1. The number of halogens is 1. The number of nitrogens with one attached hydrogen (secondary N) is 1. The zero-order valence-electron chi connectivity index (χ0n) is 10.4. The maximum atomic E-state index is 11.6. The minimum Gasteiger partial charge on any atom is -0.491 e. The monoisotopic (exact) mass is 296 g/mol. The molecule has 0 unspecified atom stereocenters. The summed E-state index contributed by atoms with van der Waals surface area (Å²) in [6, 6.07) is 7.17. The first-order valence-corrected chi connectivity index (χ1v) is 6.94. The van der Waals surface area contributed by atoms with Gasteiger partial charge in [0.25, 0.3) is 0 Å². The molecular weight excluding hydrogens is 284 g/mol. The lowest BCUT2D eigenvalue weighted by Gasteiger charge is -2.07. The molecule has 0 bridgehead atoms. The predicted octanol–water partition coefficient (Wildman–Crippen LogP) is 3.51. The van der Waals surface area contributed by atoms with Crippen molar-refractivity contribution in [1.29, 1.82) is 0 Å². The Balaban J connectivity index is 1.77. The van der Waals surface area contributed by atoms with Crippen LogP contribution < -0.4 is 10.1 Å². The molecule has 0 aliphatic rings. The fourth-order valence-electron chi connectivity index (χ4n) is 1.41. The molecule has 1 aromatic carbocycles. The van der Waals surface area contributed by atoms with E-state index in [9.17, 15) is 4.79 Å². The third-order valence-electron chi connectivity index (χ3n) is 2.29. The number of carbonyl (C=O) groups is 1. The molecule has 4 nitrogen and oxygen atoms in total. The highest BCUT2D eigenvalue weighted by Crippen LogP contribution is 2.23. The van der Waals surface area contributed by atoms with E-state index < -0.39 is 0 Å². The first-order valence-electron chi connectivity index (χ1n) is 5.75. The van der Waals surface area contributed by atoms with E-state index in [0.717, 1.165) is 4.88 Å². The van der Waals surface area contributed by atoms with Crippen LogP contribution in [0.1, 0.15) is 11.3 Å². The van der Waals surface area contributed by atoms with Crippen LogP contribution in [0.3, 0.4) is 0 Å². The van der Waals surface area contributed by atoms with Crippen LogP contribution in [-0.2, 0) is 4.79 Å². The van der Waals surface area contributed by atoms with Crippen LogP contribution in [-0.4, -0.2) is 17.5 Å². The fourth-order valence-corrected chi connectivity index (χ4v) is 2.28. The Bertz CT molecular complexity index is 571. The van der Waals surface area contributed by atoms with Crippen molar-refractivity contribution in [2.75, 3.05) is 11.9 Å². The van der Waals surface area contributed by atoms with E-state index >= 15 is 0 Å². The summed E-state index contributed by atoms with van der Waals surface area (Å²) in [7, 11) is 0. The van der Waals surface area contributed by atoms with Gasteiger partial charge in [-0.15, -0.1) is 11.3 Å². The predicted molar refractivity (Wildman–Crippen MR) is 77.0 cm³/mol. The topological polar surface area (TPSA) is 51.2 Å². The van der Waals surface area contributed by atoms with Crippen molar-refractivity contribution in [2.45, 2.75) is 13.3 Å². The number of para-hydroxylation sites is 1. The number of carbonyl (C=O) groups excluding carboxylic acids is 1. The minimum absolute atomic E-state index is 0.124. The Morgan fingerprint density at radius 3 is 2.95 bits per heavy atom. The molecule has 0 radical (unpaired) electrons. The lowest BCUT2D eigenvalue weighted by atomic mass is 10.3. The average Bonchev–Trinajstić information content (AvgIpc) is 2.77. The Morgan fingerprint density at radius 1 is 1.47 bits per heavy atom. The average molecular weight is 297 g/mol. The molecule has 100 valence electrons. The zero-order chi connectivity index (χ0) is 13.7. The lowest BCUT2D eigenvalue weighted by molar-refractivity contribution is -0.116. The molecular formula is C13H13ClN2O2S. The number of benzene rings is 1. The molecule has 0 saturated heterocycles. The smallest absolute Gasteiger partial charge is 0.229 e. The molecule has 0 spiro atoms. The van der Waals surface area contributed by atoms with E-state index in [0.29, 0.717) is 15.9 Å². The Kier molecular flexibility index (Phi) is 4.76. The number of thiazole rings is 1. The van der Waals surface area contributed by atoms with Gasteiger partial charge in [0.05, 0.1) is 18.1 Å². The SMILES string of the molecule is Cc1cnc(NC(=O)CCOc2ccccc2Cl)s1. The van der Waals surface area contributed by atoms with Crippen LogP contribution in [0.25, 0.3) is 0 Å². The number of hydrogen-bond acceptors (Lipinski definition) is 4. The fraction of sp³-hybridized carbons (Fsp3) is 0.231. The van der Waals surface area contributed by atoms with Crippen molar-refractivity contribution in [3.05, 3.63) is 40.4 Å². The molecule has 0 saturated carbocycles. The van der Waals surface area contributed by atoms with Gasteiger partial charge in [0.1, 0.15) is 5.75 Å². The van der Waals surface area contributed by atoms with E-state index in [1.807, 2.05) is 19.1 Å². The number of anilines is 1. The Labute approximate surface area is 120 Å². The minimum atomic E-state index is -0.124. The summed E-state index contributed by atoms with van der Waals surface area (Å²) >= 11 is 7.38. The molecule has 0 fully saturated rings. The van der Waals surface area contributed by atoms with Gasteiger partial charge in [0.2, 0.25) is 5.91 Å². The largest absolute Gasteiger partial charge is 0.491 e. The summed E-state index contributed by atoms with van der Waals surface area (Å²) in [5.41, 5.74) is 0. The number of aryl methyl sites for hydroxylation is 1. The summed E-state index contributed by atoms with van der Waals surface area (Å²) < 4.78 is 5.44. The van der Waals surface area contributed by atoms with E-state index in [2.05, 4.69) is 10.3 Å². The number of nitrogens with zero attached hydrogens (tertiary/aromatic N) is 1. The molecule has 2 aromatic rings. The van der Waals surface area contributed by atoms with Gasteiger partial charge in [0.15, 0.2) is 5.13 Å². The Morgan fingerprint density at radius 2 is 2.26 bits per heavy atom. The van der Waals surface area contributed by atoms with Crippen molar-refractivity contribution in [3.63, 3.8) is 0 Å². The van der Waals surface area contributed by atoms with Crippen molar-refractivity contribution >= 4 is 34.0 Å². The summed E-state index contributed by atoms with van der Waals surface area (Å²) in [5.74, 6) is 0.462. The van der Waals surface area contributed by atoms with Crippen molar-refractivity contribution in [2.24, 2.45) is 0 Å². The van der Waals surface area contributed by atoms with Crippen molar-refractivity contribution in [1.82, 2.24) is 4.98 Å². The Hall–Kier alpha value is -1.59. The van der Waals surface area contributed by atoms with Crippen molar-refractivity contribution in [3.8, 4) is 5.75 Å². The molecule has 1 amide bonds. The third kappa shape index (κ3) is 4.22. The van der Waals surface area contributed by atoms with E-state index in [1.165, 1.54) is 11.3 Å². The van der Waals surface area contributed by atoms with Gasteiger partial charge in [-0.25, -0.2) is 4.98 Å². The normalized spacial score (nSPS) is 10.2. The van der Waals surface area contributed by atoms with Crippen LogP contribution in [0.4, 0.5) is 5.13 Å². The molecule has 0 aliphatic heterocycles. The highest BCUT2D eigenvalue weighted by Gasteiger charge is 2.06. The standard InChI is InChI=1S/C13H13ClN2O2S/c1-9-8-15-13(19-9)16-12(17)6-7-18-11-5-3-2-4-10(11)14/h2-5,8H,6-7H2,1H3,(H,15,16,17). The van der Waals surface area contributed by atoms with E-state index in [-0.39, 0.29) is 18.9 Å². The zero-order valence-corrected chi connectivity index (χ0v) is 11.9. The van der Waals surface area contributed by atoms with E-state index in [4.69, 9.17) is 16.3 Å². The van der Waals surface area contributed by atoms with Gasteiger partial charge in [-0.2, -0.15) is 0 Å². The number of amides is 1. The van der Waals surface area contributed by atoms with Gasteiger partial charge in [-0.1, -0.05) is 23.7 Å². The molecule has 0 atom stereocenters. The molecule has 1 N–H and O–H groups in total. The molecule has 1 heterocycles. The van der Waals surface area contributed by atoms with E-state index in [1.54, 1.807) is 18.3 Å². The first kappa shape index (κ1) is 13.8. The molecule has 2 rings (SSSR count). The summed E-state index contributed by atoms with van der Waals surface area (Å²) in [4.78, 5) is 16.8. The van der Waals surface area contributed by atoms with Gasteiger partial charge in [-0.3, -0.25) is 4.79 Å². The first-order chi connectivity index (χ1) is 9.15. The summed E-state index contributed by atoms with van der Waals surface area (Å²) in [6.45, 7) is 2.22. The number of ether oxygens (including phenoxy) is 1. The molecule has 1 aromatic heterocycles. The quantitative estimate of drug-likeness (QED) is 0.918. The maximum Gasteiger partial charge on any atom is 0.229 e. The van der Waals surface area contributed by atoms with Crippen LogP contribution in [0.5, 0.6) is 5.75 Å². The van der Waals surface area contributed by atoms with Crippen LogP contribution in [0.2, 0.25) is 5.02 Å². The van der Waals surface area contributed by atoms with Crippen LogP contribution in [0.15, 0.2) is 30.5 Å². The second-order valence-corrected chi connectivity index (χ2v) is 5.50. The highest BCUT2D eigenvalue weighted by atomic mass is 35.5. The molecule has 0 aliphatic carbocycles. The van der Waals surface area contributed by atoms with Gasteiger partial charge >= 0.3 is 0 Å². The maximum absolute atomic E-state index is 11.6. The summed E-state index contributed by atoms with van der Waals surface area (Å²) in [6.07, 6.45) is 1.98. The molecule has 6 heteroatoms. The van der Waals surface area contributed by atoms with Crippen LogP contribution >= 0.6 is 22.9 Å². The molecule has 19 heavy (non-hydrogen) atoms. The van der Waals surface area contributed by atoms with Gasteiger partial charge < -0.3 is 10.1 Å². The third-order valence-corrected chi connectivity index (χ3v) is 3.43. The number of aromatic nitrogens is 1. The second-order valence-electron chi connectivity index (χ2n) is 3.85. The van der Waals surface area contributed by atoms with Gasteiger partial charge in [-0.05, 0) is 19.1 Å². The van der Waals surface area contributed by atoms with Crippen LogP contribution in [0, 0.1) is 6.92 Å². The number of rotatable bonds is 5. The van der Waals surface area contributed by atoms with Crippen molar-refractivity contribution < 1.29 is 9.53 Å². The highest BCUT2D eigenvalue weighted by molar-refractivity contribution is 7.15. The summed E-state index contributed by atoms with van der Waals surface area (Å²) in [5, 5.41) is 3.87.